The highest BCUT2D eigenvalue weighted by Crippen LogP contribution is 2.58. The number of carboxylic acids is 1. The molecular formula is C23H21F2NO4. The first-order valence-electron chi connectivity index (χ1n) is 10.0. The van der Waals surface area contributed by atoms with Crippen LogP contribution in [0.2, 0.25) is 0 Å². The van der Waals surface area contributed by atoms with Crippen LogP contribution in [0, 0.1) is 5.41 Å². The number of amides is 1. The number of benzene rings is 2. The highest BCUT2D eigenvalue weighted by atomic mass is 19.3. The van der Waals surface area contributed by atoms with Crippen LogP contribution < -0.4 is 0 Å². The maximum atomic E-state index is 13.4. The third-order valence-corrected chi connectivity index (χ3v) is 6.63. The van der Waals surface area contributed by atoms with Gasteiger partial charge in [0.1, 0.15) is 12.6 Å². The Morgan fingerprint density at radius 3 is 2.13 bits per heavy atom. The fourth-order valence-corrected chi connectivity index (χ4v) is 5.45. The molecule has 1 aliphatic heterocycles. The zero-order valence-electron chi connectivity index (χ0n) is 16.2. The van der Waals surface area contributed by atoms with E-state index >= 15 is 0 Å². The van der Waals surface area contributed by atoms with Gasteiger partial charge >= 0.3 is 12.1 Å². The predicted molar refractivity (Wildman–Crippen MR) is 104 cm³/mol. The smallest absolute Gasteiger partial charge is 0.410 e. The molecule has 1 saturated carbocycles. The van der Waals surface area contributed by atoms with Crippen LogP contribution in [0.15, 0.2) is 48.5 Å². The van der Waals surface area contributed by atoms with Gasteiger partial charge in [-0.3, -0.25) is 4.90 Å². The lowest BCUT2D eigenvalue weighted by Gasteiger charge is -2.44. The first-order valence-corrected chi connectivity index (χ1v) is 10.0. The lowest BCUT2D eigenvalue weighted by atomic mass is 9.65. The molecule has 1 atom stereocenters. The van der Waals surface area contributed by atoms with Gasteiger partial charge in [0, 0.05) is 30.7 Å². The summed E-state index contributed by atoms with van der Waals surface area (Å²) in [6.07, 6.45) is -1.47. The number of ether oxygens (including phenoxy) is 1. The Hall–Kier alpha value is -2.96. The van der Waals surface area contributed by atoms with Gasteiger partial charge in [-0.05, 0) is 28.7 Å². The molecule has 1 heterocycles. The average molecular weight is 413 g/mol. The predicted octanol–water partition coefficient (Wildman–Crippen LogP) is 4.51. The standard InChI is InChI=1S/C23H21F2NO4/c24-23(25)11-22(12-23)9-19(20(27)28)26(13-22)21(29)30-10-18-16-7-3-1-5-14(16)15-6-2-4-8-17(15)18/h1-8,18-19H,9-13H2,(H,27,28). The molecule has 3 aliphatic rings. The summed E-state index contributed by atoms with van der Waals surface area (Å²) in [4.78, 5) is 25.6. The van der Waals surface area contributed by atoms with E-state index in [1.807, 2.05) is 48.5 Å². The van der Waals surface area contributed by atoms with Gasteiger partial charge in [0.05, 0.1) is 0 Å². The molecule has 0 radical (unpaired) electrons. The Bertz CT molecular complexity index is 984. The van der Waals surface area contributed by atoms with Crippen LogP contribution in [0.3, 0.4) is 0 Å². The van der Waals surface area contributed by atoms with Crippen LogP contribution in [-0.2, 0) is 9.53 Å². The lowest BCUT2D eigenvalue weighted by Crippen LogP contribution is -2.48. The van der Waals surface area contributed by atoms with E-state index in [0.717, 1.165) is 27.2 Å². The van der Waals surface area contributed by atoms with Crippen LogP contribution >= 0.6 is 0 Å². The highest BCUT2D eigenvalue weighted by Gasteiger charge is 2.63. The largest absolute Gasteiger partial charge is 0.480 e. The summed E-state index contributed by atoms with van der Waals surface area (Å²) in [6, 6.07) is 14.7. The zero-order chi connectivity index (χ0) is 21.1. The summed E-state index contributed by atoms with van der Waals surface area (Å²) in [5.74, 6) is -4.11. The summed E-state index contributed by atoms with van der Waals surface area (Å²) < 4.78 is 32.4. The summed E-state index contributed by atoms with van der Waals surface area (Å²) in [5, 5.41) is 9.52. The van der Waals surface area contributed by atoms with Crippen molar-refractivity contribution in [1.29, 1.82) is 0 Å². The average Bonchev–Trinajstić information content (AvgIpc) is 3.22. The van der Waals surface area contributed by atoms with Crippen molar-refractivity contribution in [3.05, 3.63) is 59.7 Å². The van der Waals surface area contributed by atoms with Crippen molar-refractivity contribution >= 4 is 12.1 Å². The Kier molecular flexibility index (Phi) is 4.14. The molecule has 0 aromatic heterocycles. The van der Waals surface area contributed by atoms with Crippen molar-refractivity contribution in [2.45, 2.75) is 37.1 Å². The molecule has 7 heteroatoms. The number of carbonyl (C=O) groups excluding carboxylic acids is 1. The SMILES string of the molecule is O=C(O)C1CC2(CN1C(=O)OCC1c3ccccc3-c3ccccc31)CC(F)(F)C2. The summed E-state index contributed by atoms with van der Waals surface area (Å²) >= 11 is 0. The molecule has 2 aliphatic carbocycles. The van der Waals surface area contributed by atoms with Crippen LogP contribution in [0.1, 0.15) is 36.3 Å². The molecule has 2 aromatic rings. The molecule has 1 N–H and O–H groups in total. The molecule has 156 valence electrons. The Balaban J connectivity index is 1.33. The van der Waals surface area contributed by atoms with Gasteiger partial charge in [-0.15, -0.1) is 0 Å². The van der Waals surface area contributed by atoms with Gasteiger partial charge in [-0.1, -0.05) is 48.5 Å². The van der Waals surface area contributed by atoms with E-state index in [4.69, 9.17) is 4.74 Å². The minimum Gasteiger partial charge on any atom is -0.480 e. The van der Waals surface area contributed by atoms with Gasteiger partial charge in [-0.25, -0.2) is 18.4 Å². The van der Waals surface area contributed by atoms with Crippen LogP contribution in [0.4, 0.5) is 13.6 Å². The second-order valence-corrected chi connectivity index (χ2v) is 8.70. The number of halogens is 2. The number of carboxylic acid groups (broad SMARTS) is 1. The number of aliphatic carboxylic acids is 1. The van der Waals surface area contributed by atoms with Crippen LogP contribution in [0.25, 0.3) is 11.1 Å². The first-order chi connectivity index (χ1) is 14.3. The van der Waals surface area contributed by atoms with Gasteiger partial charge in [0.15, 0.2) is 0 Å². The third-order valence-electron chi connectivity index (χ3n) is 6.63. The number of nitrogens with zero attached hydrogens (tertiary/aromatic N) is 1. The molecule has 1 amide bonds. The van der Waals surface area contributed by atoms with E-state index < -0.39 is 29.4 Å². The normalized spacial score (nSPS) is 23.0. The summed E-state index contributed by atoms with van der Waals surface area (Å²) in [7, 11) is 0. The highest BCUT2D eigenvalue weighted by molar-refractivity contribution is 5.82. The van der Waals surface area contributed by atoms with E-state index in [1.165, 1.54) is 0 Å². The lowest BCUT2D eigenvalue weighted by molar-refractivity contribution is -0.157. The van der Waals surface area contributed by atoms with E-state index in [2.05, 4.69) is 0 Å². The molecule has 5 rings (SSSR count). The van der Waals surface area contributed by atoms with Gasteiger partial charge in [0.25, 0.3) is 0 Å². The molecule has 1 saturated heterocycles. The maximum Gasteiger partial charge on any atom is 0.410 e. The number of rotatable bonds is 3. The number of hydrogen-bond acceptors (Lipinski definition) is 3. The van der Waals surface area contributed by atoms with E-state index in [1.54, 1.807) is 0 Å². The fraction of sp³-hybridized carbons (Fsp3) is 0.391. The topological polar surface area (TPSA) is 66.8 Å². The van der Waals surface area contributed by atoms with Crippen molar-refractivity contribution in [2.75, 3.05) is 13.2 Å². The number of carbonyl (C=O) groups is 2. The Labute approximate surface area is 172 Å². The number of alkyl halides is 2. The molecular weight excluding hydrogens is 392 g/mol. The van der Waals surface area contributed by atoms with E-state index in [0.29, 0.717) is 0 Å². The minimum absolute atomic E-state index is 0.00374. The molecule has 2 fully saturated rings. The minimum atomic E-state index is -2.78. The molecule has 5 nitrogen and oxygen atoms in total. The maximum absolute atomic E-state index is 13.4. The molecule has 1 unspecified atom stereocenters. The van der Waals surface area contributed by atoms with Crippen LogP contribution in [-0.4, -0.2) is 47.2 Å². The number of hydrogen-bond donors (Lipinski definition) is 1. The monoisotopic (exact) mass is 413 g/mol. The fourth-order valence-electron chi connectivity index (χ4n) is 5.45. The van der Waals surface area contributed by atoms with Gasteiger partial charge in [-0.2, -0.15) is 0 Å². The second-order valence-electron chi connectivity index (χ2n) is 8.70. The second kappa shape index (κ2) is 6.52. The first kappa shape index (κ1) is 19.0. The molecule has 0 bridgehead atoms. The Morgan fingerprint density at radius 1 is 1.03 bits per heavy atom. The number of fused-ring (bicyclic) bond motifs is 3. The van der Waals surface area contributed by atoms with E-state index in [9.17, 15) is 23.5 Å². The Morgan fingerprint density at radius 2 is 1.60 bits per heavy atom. The van der Waals surface area contributed by atoms with Crippen molar-refractivity contribution < 1.29 is 28.2 Å². The molecule has 1 spiro atoms. The van der Waals surface area contributed by atoms with Crippen molar-refractivity contribution in [2.24, 2.45) is 5.41 Å². The third kappa shape index (κ3) is 2.95. The van der Waals surface area contributed by atoms with Gasteiger partial charge in [0.2, 0.25) is 5.92 Å². The van der Waals surface area contributed by atoms with Crippen molar-refractivity contribution in [3.8, 4) is 11.1 Å². The molecule has 30 heavy (non-hydrogen) atoms. The summed E-state index contributed by atoms with van der Waals surface area (Å²) in [6.45, 7) is 0.0646. The van der Waals surface area contributed by atoms with Gasteiger partial charge < -0.3 is 9.84 Å². The van der Waals surface area contributed by atoms with Crippen molar-refractivity contribution in [1.82, 2.24) is 4.90 Å². The van der Waals surface area contributed by atoms with Crippen molar-refractivity contribution in [3.63, 3.8) is 0 Å². The summed E-state index contributed by atoms with van der Waals surface area (Å²) in [5.41, 5.74) is 3.47. The number of likely N-dealkylation sites (tertiary alicyclic amines) is 1. The van der Waals surface area contributed by atoms with E-state index in [-0.39, 0.29) is 38.3 Å². The zero-order valence-corrected chi connectivity index (χ0v) is 16.2. The molecule has 2 aromatic carbocycles. The quantitative estimate of drug-likeness (QED) is 0.804. The van der Waals surface area contributed by atoms with Crippen LogP contribution in [0.5, 0.6) is 0 Å².